The molecule has 0 aliphatic carbocycles. The van der Waals surface area contributed by atoms with Gasteiger partial charge in [0, 0.05) is 39.4 Å². The first kappa shape index (κ1) is 25.9. The number of hydrogen-bond donors (Lipinski definition) is 0. The van der Waals surface area contributed by atoms with E-state index in [2.05, 4.69) is 0 Å². The van der Waals surface area contributed by atoms with Crippen LogP contribution in [0.1, 0.15) is 11.1 Å². The molecule has 31 heavy (non-hydrogen) atoms. The van der Waals surface area contributed by atoms with Crippen molar-refractivity contribution in [1.82, 2.24) is 9.80 Å². The van der Waals surface area contributed by atoms with E-state index in [-0.39, 0.29) is 18.5 Å². The minimum atomic E-state index is -3.35. The lowest BCUT2D eigenvalue weighted by molar-refractivity contribution is 0.366. The maximum atomic E-state index is 13.5. The monoisotopic (exact) mass is 498 g/mol. The highest BCUT2D eigenvalue weighted by molar-refractivity contribution is 7.81. The van der Waals surface area contributed by atoms with E-state index in [1.165, 1.54) is 14.2 Å². The average Bonchev–Trinajstić information content (AvgIpc) is 2.78. The standard InChI is InChI=1S/C21H28N2O4P2S2/c1-22(20(30)18-11-7-5-8-12-18)15-28(24,26-3)17-29(25,27-4)16-23(2)21(31)19-13-9-6-10-14-19/h5-14H,15-17H2,1-4H3. The van der Waals surface area contributed by atoms with Gasteiger partial charge in [0.05, 0.1) is 12.6 Å². The summed E-state index contributed by atoms with van der Waals surface area (Å²) >= 11 is 11.0. The van der Waals surface area contributed by atoms with E-state index in [1.807, 2.05) is 60.7 Å². The van der Waals surface area contributed by atoms with Crippen molar-refractivity contribution in [2.45, 2.75) is 0 Å². The van der Waals surface area contributed by atoms with Crippen LogP contribution in [-0.2, 0) is 18.2 Å². The summed E-state index contributed by atoms with van der Waals surface area (Å²) in [6.45, 7) is 0. The van der Waals surface area contributed by atoms with Gasteiger partial charge in [0.1, 0.15) is 15.9 Å². The van der Waals surface area contributed by atoms with Crippen molar-refractivity contribution in [3.05, 3.63) is 71.8 Å². The van der Waals surface area contributed by atoms with E-state index in [9.17, 15) is 9.13 Å². The molecule has 0 radical (unpaired) electrons. The van der Waals surface area contributed by atoms with Crippen molar-refractivity contribution in [3.63, 3.8) is 0 Å². The fourth-order valence-corrected chi connectivity index (χ4v) is 9.69. The molecule has 0 saturated heterocycles. The van der Waals surface area contributed by atoms with Crippen LogP contribution in [0.5, 0.6) is 0 Å². The Morgan fingerprint density at radius 3 is 1.35 bits per heavy atom. The third-order valence-corrected chi connectivity index (χ3v) is 12.3. The van der Waals surface area contributed by atoms with Gasteiger partial charge in [0.15, 0.2) is 0 Å². The third-order valence-electron chi connectivity index (χ3n) is 4.69. The van der Waals surface area contributed by atoms with Gasteiger partial charge in [-0.15, -0.1) is 0 Å². The molecule has 0 spiro atoms. The lowest BCUT2D eigenvalue weighted by Crippen LogP contribution is -2.29. The Morgan fingerprint density at radius 1 is 0.742 bits per heavy atom. The predicted molar refractivity (Wildman–Crippen MR) is 136 cm³/mol. The van der Waals surface area contributed by atoms with Crippen LogP contribution in [-0.4, -0.2) is 66.6 Å². The van der Waals surface area contributed by atoms with Gasteiger partial charge in [-0.05, 0) is 0 Å². The van der Waals surface area contributed by atoms with E-state index in [0.717, 1.165) is 11.1 Å². The molecule has 0 saturated carbocycles. The van der Waals surface area contributed by atoms with Gasteiger partial charge in [0.2, 0.25) is 14.7 Å². The zero-order valence-electron chi connectivity index (χ0n) is 18.1. The molecule has 10 heteroatoms. The SMILES string of the molecule is COP(=O)(CN(C)C(=S)c1ccccc1)CP(=O)(CN(C)C(=S)c1ccccc1)OC. The molecule has 0 amide bonds. The molecule has 0 bridgehead atoms. The predicted octanol–water partition coefficient (Wildman–Crippen LogP) is 5.32. The number of thiocarbonyl (C=S) groups is 2. The van der Waals surface area contributed by atoms with Crippen molar-refractivity contribution in [3.8, 4) is 0 Å². The fourth-order valence-electron chi connectivity index (χ4n) is 3.03. The van der Waals surface area contributed by atoms with Gasteiger partial charge in [-0.2, -0.15) is 0 Å². The van der Waals surface area contributed by atoms with Crippen molar-refractivity contribution in [2.24, 2.45) is 0 Å². The zero-order valence-corrected chi connectivity index (χ0v) is 21.6. The molecule has 0 heterocycles. The molecule has 2 rings (SSSR count). The lowest BCUT2D eigenvalue weighted by Gasteiger charge is -2.30. The van der Waals surface area contributed by atoms with Gasteiger partial charge in [-0.25, -0.2) is 0 Å². The smallest absolute Gasteiger partial charge is 0.231 e. The molecule has 0 fully saturated rings. The van der Waals surface area contributed by atoms with E-state index < -0.39 is 14.7 Å². The summed E-state index contributed by atoms with van der Waals surface area (Å²) in [4.78, 5) is 4.44. The van der Waals surface area contributed by atoms with Crippen LogP contribution >= 0.6 is 39.2 Å². The van der Waals surface area contributed by atoms with Crippen LogP contribution in [0.15, 0.2) is 60.7 Å². The topological polar surface area (TPSA) is 59.1 Å². The summed E-state index contributed by atoms with van der Waals surface area (Å²) in [6, 6.07) is 18.9. The Bertz CT molecular complexity index is 910. The Labute approximate surface area is 195 Å². The summed E-state index contributed by atoms with van der Waals surface area (Å²) in [5, 5.41) is 0. The summed E-state index contributed by atoms with van der Waals surface area (Å²) in [5.74, 6) is -0.212. The van der Waals surface area contributed by atoms with Crippen LogP contribution in [0.25, 0.3) is 0 Å². The highest BCUT2D eigenvalue weighted by atomic mass is 32.1. The van der Waals surface area contributed by atoms with E-state index in [0.29, 0.717) is 9.98 Å². The van der Waals surface area contributed by atoms with Crippen molar-refractivity contribution in [1.29, 1.82) is 0 Å². The summed E-state index contributed by atoms with van der Waals surface area (Å²) in [6.07, 6.45) is 0.0504. The Kier molecular flexibility index (Phi) is 9.56. The van der Waals surface area contributed by atoms with Crippen molar-refractivity contribution in [2.75, 3.05) is 46.8 Å². The highest BCUT2D eigenvalue weighted by Crippen LogP contribution is 2.62. The van der Waals surface area contributed by atoms with Crippen molar-refractivity contribution >= 4 is 49.2 Å². The Balaban J connectivity index is 2.12. The first-order valence-corrected chi connectivity index (χ1v) is 14.3. The minimum absolute atomic E-state index is 0.0252. The summed E-state index contributed by atoms with van der Waals surface area (Å²) in [7, 11) is -0.483. The van der Waals surface area contributed by atoms with E-state index in [4.69, 9.17) is 33.5 Å². The van der Waals surface area contributed by atoms with Crippen LogP contribution in [0, 0.1) is 0 Å². The van der Waals surface area contributed by atoms with Gasteiger partial charge >= 0.3 is 0 Å². The average molecular weight is 499 g/mol. The van der Waals surface area contributed by atoms with Crippen LogP contribution in [0.2, 0.25) is 0 Å². The van der Waals surface area contributed by atoms with Crippen LogP contribution < -0.4 is 0 Å². The molecule has 0 N–H and O–H groups in total. The Morgan fingerprint density at radius 2 is 1.06 bits per heavy atom. The fraction of sp³-hybridized carbons (Fsp3) is 0.333. The number of benzene rings is 2. The minimum Gasteiger partial charge on any atom is -0.356 e. The van der Waals surface area contributed by atoms with Gasteiger partial charge in [-0.1, -0.05) is 85.1 Å². The molecule has 0 aliphatic rings. The normalized spacial score (nSPS) is 14.8. The maximum Gasteiger partial charge on any atom is 0.231 e. The molecular weight excluding hydrogens is 470 g/mol. The van der Waals surface area contributed by atoms with Gasteiger partial charge < -0.3 is 18.8 Å². The van der Waals surface area contributed by atoms with Gasteiger partial charge in [0.25, 0.3) is 0 Å². The van der Waals surface area contributed by atoms with Crippen LogP contribution in [0.3, 0.4) is 0 Å². The second kappa shape index (κ2) is 11.5. The molecule has 0 aromatic heterocycles. The zero-order chi connectivity index (χ0) is 23.1. The molecule has 2 atom stereocenters. The summed E-state index contributed by atoms with van der Waals surface area (Å²) in [5.41, 5.74) is 1.68. The molecule has 168 valence electrons. The molecule has 0 aliphatic heterocycles. The van der Waals surface area contributed by atoms with Crippen molar-refractivity contribution < 1.29 is 18.2 Å². The first-order valence-electron chi connectivity index (χ1n) is 9.52. The van der Waals surface area contributed by atoms with Gasteiger partial charge in [-0.3, -0.25) is 9.13 Å². The molecule has 2 aromatic carbocycles. The second-order valence-electron chi connectivity index (χ2n) is 7.16. The molecular formula is C21H28N2O4P2S2. The van der Waals surface area contributed by atoms with E-state index >= 15 is 0 Å². The Hall–Kier alpha value is -1.40. The van der Waals surface area contributed by atoms with E-state index in [1.54, 1.807) is 23.9 Å². The number of nitrogens with zero attached hydrogens (tertiary/aromatic N) is 2. The second-order valence-corrected chi connectivity index (χ2v) is 13.6. The summed E-state index contributed by atoms with van der Waals surface area (Å²) < 4.78 is 37.7. The number of hydrogen-bond acceptors (Lipinski definition) is 6. The quantitative estimate of drug-likeness (QED) is 0.322. The molecule has 2 unspecified atom stereocenters. The molecule has 6 nitrogen and oxygen atoms in total. The van der Waals surface area contributed by atoms with Crippen LogP contribution in [0.4, 0.5) is 0 Å². The first-order chi connectivity index (χ1) is 14.6. The highest BCUT2D eigenvalue weighted by Gasteiger charge is 2.37. The number of rotatable bonds is 10. The maximum absolute atomic E-state index is 13.5. The largest absolute Gasteiger partial charge is 0.356 e. The third kappa shape index (κ3) is 7.31. The molecule has 2 aromatic rings. The lowest BCUT2D eigenvalue weighted by atomic mass is 10.2.